The molecule has 2 aromatic carbocycles. The Hall–Kier alpha value is -3.41. The van der Waals surface area contributed by atoms with E-state index in [4.69, 9.17) is 9.47 Å². The summed E-state index contributed by atoms with van der Waals surface area (Å²) in [6.45, 7) is 0. The first-order valence-electron chi connectivity index (χ1n) is 9.59. The van der Waals surface area contributed by atoms with E-state index in [9.17, 15) is 14.4 Å². The van der Waals surface area contributed by atoms with Gasteiger partial charge in [0.05, 0.1) is 30.2 Å². The van der Waals surface area contributed by atoms with E-state index in [2.05, 4.69) is 12.2 Å². The van der Waals surface area contributed by atoms with Crippen LogP contribution in [0.25, 0.3) is 0 Å². The maximum absolute atomic E-state index is 12.9. The largest absolute Gasteiger partial charge is 0.497 e. The van der Waals surface area contributed by atoms with Gasteiger partial charge in [-0.25, -0.2) is 4.79 Å². The Labute approximate surface area is 167 Å². The average Bonchev–Trinajstić information content (AvgIpc) is 3.42. The number of esters is 1. The van der Waals surface area contributed by atoms with E-state index in [-0.39, 0.29) is 35.5 Å². The Bertz CT molecular complexity index is 994. The quantitative estimate of drug-likeness (QED) is 0.347. The van der Waals surface area contributed by atoms with Crippen molar-refractivity contribution in [2.24, 2.45) is 23.7 Å². The number of nitrogens with zero attached hydrogens (tertiary/aromatic N) is 1. The fourth-order valence-electron chi connectivity index (χ4n) is 4.71. The Kier molecular flexibility index (Phi) is 4.01. The molecule has 1 heterocycles. The van der Waals surface area contributed by atoms with E-state index < -0.39 is 5.97 Å². The lowest BCUT2D eigenvalue weighted by Crippen LogP contribution is -2.32. The summed E-state index contributed by atoms with van der Waals surface area (Å²) in [5.74, 6) is 0.156. The highest BCUT2D eigenvalue weighted by atomic mass is 16.5. The van der Waals surface area contributed by atoms with Crippen LogP contribution in [0.5, 0.6) is 11.5 Å². The number of hydrogen-bond acceptors (Lipinski definition) is 5. The van der Waals surface area contributed by atoms with Crippen molar-refractivity contribution in [3.63, 3.8) is 0 Å². The van der Waals surface area contributed by atoms with E-state index in [1.165, 1.54) is 4.90 Å². The average molecular weight is 389 g/mol. The third kappa shape index (κ3) is 2.75. The van der Waals surface area contributed by atoms with Gasteiger partial charge in [0.2, 0.25) is 11.8 Å². The van der Waals surface area contributed by atoms with E-state index in [1.54, 1.807) is 55.6 Å². The molecule has 1 saturated carbocycles. The fourth-order valence-corrected chi connectivity index (χ4v) is 4.71. The number of hydrogen-bond donors (Lipinski definition) is 0. The van der Waals surface area contributed by atoms with Crippen LogP contribution in [0.15, 0.2) is 60.7 Å². The highest BCUT2D eigenvalue weighted by Crippen LogP contribution is 2.53. The Morgan fingerprint density at radius 1 is 0.862 bits per heavy atom. The molecular weight excluding hydrogens is 370 g/mol. The van der Waals surface area contributed by atoms with Crippen LogP contribution < -0.4 is 14.4 Å². The van der Waals surface area contributed by atoms with Crippen LogP contribution in [0.2, 0.25) is 0 Å². The molecule has 0 radical (unpaired) electrons. The van der Waals surface area contributed by atoms with Crippen LogP contribution in [0.4, 0.5) is 5.69 Å². The Morgan fingerprint density at radius 3 is 1.97 bits per heavy atom. The highest BCUT2D eigenvalue weighted by Gasteiger charge is 2.59. The van der Waals surface area contributed by atoms with Crippen LogP contribution in [0, 0.1) is 23.7 Å². The van der Waals surface area contributed by atoms with Crippen molar-refractivity contribution in [2.75, 3.05) is 12.0 Å². The summed E-state index contributed by atoms with van der Waals surface area (Å²) >= 11 is 0. The molecule has 1 aliphatic heterocycles. The number of benzene rings is 2. The third-order valence-corrected chi connectivity index (χ3v) is 6.10. The van der Waals surface area contributed by atoms with Crippen LogP contribution in [0.1, 0.15) is 16.8 Å². The van der Waals surface area contributed by atoms with Gasteiger partial charge in [-0.2, -0.15) is 0 Å². The van der Waals surface area contributed by atoms with Gasteiger partial charge in [-0.15, -0.1) is 0 Å². The number of anilines is 1. The van der Waals surface area contributed by atoms with E-state index in [1.807, 2.05) is 0 Å². The first-order chi connectivity index (χ1) is 14.1. The second-order valence-electron chi connectivity index (χ2n) is 7.62. The number of carbonyl (C=O) groups is 3. The van der Waals surface area contributed by atoms with Gasteiger partial charge in [-0.05, 0) is 66.8 Å². The standard InChI is InChI=1S/C23H19NO5/c1-28-17-8-10-18(11-9-17)29-23(27)13-4-6-16(7-5-13)24-21(25)19-14-2-3-15(12-14)20(19)22(24)26/h2-11,14-15,19-20H,12H2,1H3/t14-,15-,19-,20-/m0/s1. The molecule has 0 spiro atoms. The molecule has 146 valence electrons. The minimum atomic E-state index is -0.514. The summed E-state index contributed by atoms with van der Waals surface area (Å²) in [7, 11) is 1.56. The monoisotopic (exact) mass is 389 g/mol. The number of methoxy groups -OCH3 is 1. The molecule has 4 atom stereocenters. The third-order valence-electron chi connectivity index (χ3n) is 6.10. The van der Waals surface area contributed by atoms with E-state index >= 15 is 0 Å². The predicted molar refractivity (Wildman–Crippen MR) is 105 cm³/mol. The van der Waals surface area contributed by atoms with Crippen LogP contribution in [0.3, 0.4) is 0 Å². The van der Waals surface area contributed by atoms with Gasteiger partial charge in [0.1, 0.15) is 11.5 Å². The van der Waals surface area contributed by atoms with Gasteiger partial charge < -0.3 is 9.47 Å². The molecule has 6 heteroatoms. The fraction of sp³-hybridized carbons (Fsp3) is 0.261. The molecule has 0 aromatic heterocycles. The zero-order valence-corrected chi connectivity index (χ0v) is 15.8. The lowest BCUT2D eigenvalue weighted by atomic mass is 9.85. The molecule has 2 amide bonds. The van der Waals surface area contributed by atoms with Crippen molar-refractivity contribution < 1.29 is 23.9 Å². The smallest absolute Gasteiger partial charge is 0.343 e. The summed E-state index contributed by atoms with van der Waals surface area (Å²) < 4.78 is 10.4. The second kappa shape index (κ2) is 6.58. The number of fused-ring (bicyclic) bond motifs is 5. The van der Waals surface area contributed by atoms with E-state index in [0.717, 1.165) is 6.42 Å². The zero-order chi connectivity index (χ0) is 20.1. The van der Waals surface area contributed by atoms with Gasteiger partial charge in [0, 0.05) is 0 Å². The van der Waals surface area contributed by atoms with Crippen molar-refractivity contribution in [1.29, 1.82) is 0 Å². The summed E-state index contributed by atoms with van der Waals surface area (Å²) in [6.07, 6.45) is 5.04. The number of ether oxygens (including phenoxy) is 2. The van der Waals surface area contributed by atoms with Gasteiger partial charge >= 0.3 is 5.97 Å². The summed E-state index contributed by atoms with van der Waals surface area (Å²) in [6, 6.07) is 13.1. The van der Waals surface area contributed by atoms with Gasteiger partial charge in [0.25, 0.3) is 0 Å². The number of allylic oxidation sites excluding steroid dienone is 2. The van der Waals surface area contributed by atoms with Crippen molar-refractivity contribution in [1.82, 2.24) is 0 Å². The summed E-state index contributed by atoms with van der Waals surface area (Å²) in [5, 5.41) is 0. The maximum atomic E-state index is 12.9. The van der Waals surface area contributed by atoms with Gasteiger partial charge in [-0.1, -0.05) is 12.2 Å². The van der Waals surface area contributed by atoms with Gasteiger partial charge in [0.15, 0.2) is 0 Å². The van der Waals surface area contributed by atoms with Crippen LogP contribution >= 0.6 is 0 Å². The molecular formula is C23H19NO5. The van der Waals surface area contributed by atoms with Gasteiger partial charge in [-0.3, -0.25) is 14.5 Å². The molecule has 2 fully saturated rings. The number of carbonyl (C=O) groups excluding carboxylic acids is 3. The number of imide groups is 1. The lowest BCUT2D eigenvalue weighted by Gasteiger charge is -2.17. The van der Waals surface area contributed by atoms with Crippen molar-refractivity contribution in [3.8, 4) is 11.5 Å². The first kappa shape index (κ1) is 17.7. The minimum Gasteiger partial charge on any atom is -0.497 e. The summed E-state index contributed by atoms with van der Waals surface area (Å²) in [5.41, 5.74) is 0.834. The van der Waals surface area contributed by atoms with Crippen molar-refractivity contribution >= 4 is 23.5 Å². The first-order valence-corrected chi connectivity index (χ1v) is 9.59. The van der Waals surface area contributed by atoms with Crippen molar-refractivity contribution in [2.45, 2.75) is 6.42 Å². The molecule has 0 N–H and O–H groups in total. The number of amides is 2. The molecule has 3 aliphatic rings. The zero-order valence-electron chi connectivity index (χ0n) is 15.8. The van der Waals surface area contributed by atoms with E-state index in [0.29, 0.717) is 22.7 Å². The molecule has 0 unspecified atom stereocenters. The maximum Gasteiger partial charge on any atom is 0.343 e. The Balaban J connectivity index is 1.32. The molecule has 6 nitrogen and oxygen atoms in total. The molecule has 2 bridgehead atoms. The molecule has 29 heavy (non-hydrogen) atoms. The number of rotatable bonds is 4. The molecule has 2 aromatic rings. The highest BCUT2D eigenvalue weighted by molar-refractivity contribution is 6.22. The normalized spacial score (nSPS) is 26.7. The summed E-state index contributed by atoms with van der Waals surface area (Å²) in [4.78, 5) is 39.4. The minimum absolute atomic E-state index is 0.134. The SMILES string of the molecule is COc1ccc(OC(=O)c2ccc(N3C(=O)[C@@H]4[C@@H](C3=O)[C@H]3C=C[C@H]4C3)cc2)cc1. The Morgan fingerprint density at radius 2 is 1.41 bits per heavy atom. The molecule has 2 aliphatic carbocycles. The molecule has 5 rings (SSSR count). The molecule has 1 saturated heterocycles. The lowest BCUT2D eigenvalue weighted by molar-refractivity contribution is -0.123. The van der Waals surface area contributed by atoms with Crippen molar-refractivity contribution in [3.05, 3.63) is 66.2 Å². The topological polar surface area (TPSA) is 72.9 Å². The second-order valence-corrected chi connectivity index (χ2v) is 7.62. The predicted octanol–water partition coefficient (Wildman–Crippen LogP) is 3.23. The van der Waals surface area contributed by atoms with Crippen LogP contribution in [-0.4, -0.2) is 24.9 Å². The van der Waals surface area contributed by atoms with Crippen LogP contribution in [-0.2, 0) is 9.59 Å².